The molecule has 1 aliphatic carbocycles. The molecule has 4 heteroatoms. The topological polar surface area (TPSA) is 55.8 Å². The highest BCUT2D eigenvalue weighted by molar-refractivity contribution is 5.86. The van der Waals surface area contributed by atoms with Gasteiger partial charge in [-0.1, -0.05) is 11.6 Å². The fourth-order valence-electron chi connectivity index (χ4n) is 5.27. The van der Waals surface area contributed by atoms with Crippen molar-refractivity contribution in [3.63, 3.8) is 0 Å². The Morgan fingerprint density at radius 2 is 2.12 bits per heavy atom. The molecule has 2 aliphatic heterocycles. The van der Waals surface area contributed by atoms with Crippen molar-refractivity contribution >= 4 is 6.29 Å². The Morgan fingerprint density at radius 3 is 2.81 bits per heavy atom. The summed E-state index contributed by atoms with van der Waals surface area (Å²) < 4.78 is 12.8. The van der Waals surface area contributed by atoms with Gasteiger partial charge in [0, 0.05) is 23.5 Å². The highest BCUT2D eigenvalue weighted by atomic mass is 16.5. The number of carbonyl (C=O) groups is 1. The number of aldehydes is 1. The minimum atomic E-state index is -0.342. The van der Waals surface area contributed by atoms with Crippen LogP contribution in [0.4, 0.5) is 0 Å². The zero-order valence-electron chi connectivity index (χ0n) is 16.1. The third-order valence-electron chi connectivity index (χ3n) is 6.58. The summed E-state index contributed by atoms with van der Waals surface area (Å²) in [5.41, 5.74) is 2.02. The number of ether oxygens (including phenoxy) is 2. The van der Waals surface area contributed by atoms with E-state index in [9.17, 15) is 9.90 Å². The Bertz CT molecular complexity index is 792. The van der Waals surface area contributed by atoms with E-state index in [0.717, 1.165) is 37.7 Å². The Kier molecular flexibility index (Phi) is 3.87. The summed E-state index contributed by atoms with van der Waals surface area (Å²) in [7, 11) is 0. The lowest BCUT2D eigenvalue weighted by Gasteiger charge is -2.56. The summed E-state index contributed by atoms with van der Waals surface area (Å²) >= 11 is 0. The lowest BCUT2D eigenvalue weighted by atomic mass is 9.60. The van der Waals surface area contributed by atoms with Gasteiger partial charge in [0.2, 0.25) is 0 Å². The molecule has 1 aromatic carbocycles. The summed E-state index contributed by atoms with van der Waals surface area (Å²) in [6, 6.07) is 1.60. The summed E-state index contributed by atoms with van der Waals surface area (Å²) in [6.45, 7) is 8.56. The van der Waals surface area contributed by atoms with Crippen LogP contribution < -0.4 is 9.47 Å². The molecule has 0 aromatic heterocycles. The molecular formula is C22H28O4. The number of rotatable bonds is 4. The van der Waals surface area contributed by atoms with Crippen molar-refractivity contribution in [2.24, 2.45) is 5.92 Å². The first-order chi connectivity index (χ1) is 12.3. The second kappa shape index (κ2) is 5.77. The largest absolute Gasteiger partial charge is 0.507 e. The summed E-state index contributed by atoms with van der Waals surface area (Å²) in [4.78, 5) is 11.7. The zero-order valence-corrected chi connectivity index (χ0v) is 16.1. The van der Waals surface area contributed by atoms with Crippen molar-refractivity contribution in [1.29, 1.82) is 0 Å². The van der Waals surface area contributed by atoms with Crippen LogP contribution in [0.2, 0.25) is 0 Å². The van der Waals surface area contributed by atoms with Gasteiger partial charge in [-0.2, -0.15) is 0 Å². The lowest BCUT2D eigenvalue weighted by molar-refractivity contribution is -0.0839. The van der Waals surface area contributed by atoms with E-state index in [1.807, 2.05) is 0 Å². The average Bonchev–Trinajstić information content (AvgIpc) is 2.53. The van der Waals surface area contributed by atoms with Gasteiger partial charge < -0.3 is 14.6 Å². The minimum absolute atomic E-state index is 0.0533. The van der Waals surface area contributed by atoms with Gasteiger partial charge in [-0.05, 0) is 59.8 Å². The maximum Gasteiger partial charge on any atom is 0.157 e. The molecule has 4 atom stereocenters. The summed E-state index contributed by atoms with van der Waals surface area (Å²) in [5.74, 6) is 1.90. The summed E-state index contributed by atoms with van der Waals surface area (Å²) in [5, 5.41) is 10.4. The van der Waals surface area contributed by atoms with Crippen LogP contribution in [0.5, 0.6) is 17.2 Å². The molecule has 0 amide bonds. The molecule has 4 nitrogen and oxygen atoms in total. The van der Waals surface area contributed by atoms with Crippen LogP contribution in [0.25, 0.3) is 0 Å². The predicted octanol–water partition coefficient (Wildman–Crippen LogP) is 5.14. The molecule has 1 fully saturated rings. The van der Waals surface area contributed by atoms with E-state index < -0.39 is 0 Å². The number of hydrogen-bond donors (Lipinski definition) is 1. The van der Waals surface area contributed by atoms with E-state index >= 15 is 0 Å². The fourth-order valence-corrected chi connectivity index (χ4v) is 5.27. The first-order valence-electron chi connectivity index (χ1n) is 9.63. The van der Waals surface area contributed by atoms with Crippen LogP contribution >= 0.6 is 0 Å². The normalized spacial score (nSPS) is 33.7. The molecule has 140 valence electrons. The Morgan fingerprint density at radius 1 is 1.35 bits per heavy atom. The van der Waals surface area contributed by atoms with Crippen LogP contribution in [0, 0.1) is 5.92 Å². The zero-order chi connectivity index (χ0) is 18.7. The van der Waals surface area contributed by atoms with Gasteiger partial charge in [-0.15, -0.1) is 0 Å². The van der Waals surface area contributed by atoms with Gasteiger partial charge in [0.1, 0.15) is 28.5 Å². The van der Waals surface area contributed by atoms with Gasteiger partial charge in [0.15, 0.2) is 6.29 Å². The molecule has 2 unspecified atom stereocenters. The number of phenolic OH excluding ortho intramolecular Hbond substituents is 1. The van der Waals surface area contributed by atoms with Gasteiger partial charge in [-0.25, -0.2) is 0 Å². The SMILES string of the molecule is CC(C)=CCC[C@@]1(C)Oc2c(C=O)c(O)cc3c2C2CC(C)(CC[C@H]21)O3. The number of fused-ring (bicyclic) bond motifs is 1. The maximum absolute atomic E-state index is 11.7. The molecule has 1 N–H and O–H groups in total. The van der Waals surface area contributed by atoms with E-state index in [2.05, 4.69) is 33.8 Å². The standard InChI is InChI=1S/C22H28O4/c1-13(2)6-5-8-22(4)16-7-9-21(3)11-14(16)19-18(25-21)10-17(24)15(12-23)20(19)26-22/h6,10,12,14,16,24H,5,7-9,11H2,1-4H3/t14?,16-,21?,22-/m1/s1. The van der Waals surface area contributed by atoms with Crippen molar-refractivity contribution in [3.8, 4) is 17.2 Å². The number of benzene rings is 1. The highest BCUT2D eigenvalue weighted by Crippen LogP contribution is 2.62. The van der Waals surface area contributed by atoms with Gasteiger partial charge >= 0.3 is 0 Å². The molecular weight excluding hydrogens is 328 g/mol. The lowest BCUT2D eigenvalue weighted by Crippen LogP contribution is -2.55. The maximum atomic E-state index is 11.7. The van der Waals surface area contributed by atoms with Crippen molar-refractivity contribution in [1.82, 2.24) is 0 Å². The van der Waals surface area contributed by atoms with E-state index in [-0.39, 0.29) is 22.5 Å². The molecule has 1 aromatic rings. The molecule has 2 bridgehead atoms. The van der Waals surface area contributed by atoms with Crippen LogP contribution in [-0.2, 0) is 0 Å². The average molecular weight is 356 g/mol. The number of hydrogen-bond acceptors (Lipinski definition) is 4. The van der Waals surface area contributed by atoms with Crippen molar-refractivity contribution in [2.45, 2.75) is 76.9 Å². The van der Waals surface area contributed by atoms with Crippen molar-refractivity contribution < 1.29 is 19.4 Å². The first kappa shape index (κ1) is 17.4. The van der Waals surface area contributed by atoms with Gasteiger partial charge in [0.05, 0.1) is 5.56 Å². The van der Waals surface area contributed by atoms with Gasteiger partial charge in [-0.3, -0.25) is 4.79 Å². The predicted molar refractivity (Wildman–Crippen MR) is 100 cm³/mol. The third-order valence-corrected chi connectivity index (χ3v) is 6.58. The molecule has 3 aliphatic rings. The van der Waals surface area contributed by atoms with Crippen molar-refractivity contribution in [2.75, 3.05) is 0 Å². The first-order valence-corrected chi connectivity index (χ1v) is 9.63. The van der Waals surface area contributed by atoms with Crippen LogP contribution in [0.1, 0.15) is 81.6 Å². The number of allylic oxidation sites excluding steroid dienone is 2. The van der Waals surface area contributed by atoms with Crippen LogP contribution in [0.15, 0.2) is 17.7 Å². The second-order valence-electron chi connectivity index (χ2n) is 8.91. The fraction of sp³-hybridized carbons (Fsp3) is 0.591. The summed E-state index contributed by atoms with van der Waals surface area (Å²) in [6.07, 6.45) is 7.80. The Balaban J connectivity index is 1.84. The molecule has 0 spiro atoms. The highest BCUT2D eigenvalue weighted by Gasteiger charge is 2.56. The molecule has 0 radical (unpaired) electrons. The number of carbonyl (C=O) groups excluding carboxylic acids is 1. The van der Waals surface area contributed by atoms with Crippen molar-refractivity contribution in [3.05, 3.63) is 28.8 Å². The quantitative estimate of drug-likeness (QED) is 0.600. The third kappa shape index (κ3) is 2.53. The Labute approximate surface area is 155 Å². The smallest absolute Gasteiger partial charge is 0.157 e. The molecule has 26 heavy (non-hydrogen) atoms. The van der Waals surface area contributed by atoms with Crippen LogP contribution in [-0.4, -0.2) is 22.6 Å². The van der Waals surface area contributed by atoms with Crippen LogP contribution in [0.3, 0.4) is 0 Å². The molecule has 1 saturated carbocycles. The molecule has 4 rings (SSSR count). The second-order valence-corrected chi connectivity index (χ2v) is 8.91. The van der Waals surface area contributed by atoms with E-state index in [1.165, 1.54) is 5.57 Å². The van der Waals surface area contributed by atoms with Gasteiger partial charge in [0.25, 0.3) is 0 Å². The van der Waals surface area contributed by atoms with E-state index in [1.54, 1.807) is 6.07 Å². The number of phenols is 1. The monoisotopic (exact) mass is 356 g/mol. The van der Waals surface area contributed by atoms with E-state index in [0.29, 0.717) is 29.6 Å². The minimum Gasteiger partial charge on any atom is -0.507 e. The molecule has 2 heterocycles. The Hall–Kier alpha value is -1.97. The molecule has 0 saturated heterocycles. The number of aromatic hydroxyl groups is 1. The van der Waals surface area contributed by atoms with E-state index in [4.69, 9.17) is 9.47 Å².